The standard InChI is InChI=1S/C26H19FN2O4/c1-25-15-7-3-5-9-17(15)26(2,18-10-6-4-8-16(18)25)22-21(25)23(30)28(24(22)31)19-12-11-14(27)13-20(19)29(32)33/h3-13,21-22H,1-2H3/t21-,22-,25?,26?/m0/s1. The zero-order valence-electron chi connectivity index (χ0n) is 17.9. The van der Waals surface area contributed by atoms with E-state index < -0.39 is 50.9 Å². The molecule has 3 aromatic carbocycles. The number of anilines is 1. The van der Waals surface area contributed by atoms with Gasteiger partial charge >= 0.3 is 0 Å². The topological polar surface area (TPSA) is 80.5 Å². The molecule has 1 heterocycles. The van der Waals surface area contributed by atoms with Crippen LogP contribution >= 0.6 is 0 Å². The highest BCUT2D eigenvalue weighted by Gasteiger charge is 2.71. The van der Waals surface area contributed by atoms with Crippen molar-refractivity contribution in [1.82, 2.24) is 0 Å². The average Bonchev–Trinajstić information content (AvgIpc) is 3.08. The molecule has 0 unspecified atom stereocenters. The Balaban J connectivity index is 1.65. The molecule has 2 bridgehead atoms. The molecule has 6 nitrogen and oxygen atoms in total. The first-order valence-electron chi connectivity index (χ1n) is 10.7. The van der Waals surface area contributed by atoms with Crippen molar-refractivity contribution in [2.75, 3.05) is 4.90 Å². The predicted octanol–water partition coefficient (Wildman–Crippen LogP) is 4.48. The summed E-state index contributed by atoms with van der Waals surface area (Å²) in [5.74, 6) is -3.25. The SMILES string of the molecule is CC12c3ccccc3C(C)(c3ccccc31)[C@@H]1C(=O)N(c3ccc(F)cc3[N+](=O)[O-])C(=O)[C@H]12. The molecule has 3 aromatic rings. The maximum Gasteiger partial charge on any atom is 0.296 e. The first-order valence-corrected chi connectivity index (χ1v) is 10.7. The fourth-order valence-electron chi connectivity index (χ4n) is 6.64. The lowest BCUT2D eigenvalue weighted by Crippen LogP contribution is -2.59. The molecule has 7 rings (SSSR count). The molecule has 0 aromatic heterocycles. The predicted molar refractivity (Wildman–Crippen MR) is 118 cm³/mol. The Kier molecular flexibility index (Phi) is 3.67. The van der Waals surface area contributed by atoms with Gasteiger partial charge < -0.3 is 0 Å². The third kappa shape index (κ3) is 2.12. The first-order chi connectivity index (χ1) is 15.7. The van der Waals surface area contributed by atoms with Crippen molar-refractivity contribution in [3.63, 3.8) is 0 Å². The van der Waals surface area contributed by atoms with Gasteiger partial charge in [-0.05, 0) is 34.4 Å². The van der Waals surface area contributed by atoms with Crippen molar-refractivity contribution in [2.45, 2.75) is 24.7 Å². The smallest absolute Gasteiger partial charge is 0.274 e. The summed E-state index contributed by atoms with van der Waals surface area (Å²) in [5, 5.41) is 11.7. The molecule has 33 heavy (non-hydrogen) atoms. The third-order valence-corrected chi connectivity index (χ3v) is 8.02. The van der Waals surface area contributed by atoms with E-state index in [1.807, 2.05) is 62.4 Å². The Morgan fingerprint density at radius 1 is 0.818 bits per heavy atom. The minimum absolute atomic E-state index is 0.189. The van der Waals surface area contributed by atoms with E-state index in [4.69, 9.17) is 0 Å². The normalized spacial score (nSPS) is 29.0. The van der Waals surface area contributed by atoms with Crippen LogP contribution in [0.1, 0.15) is 36.1 Å². The number of amides is 2. The molecule has 7 heteroatoms. The zero-order chi connectivity index (χ0) is 23.3. The Hall–Kier alpha value is -3.87. The Morgan fingerprint density at radius 2 is 1.24 bits per heavy atom. The van der Waals surface area contributed by atoms with Crippen molar-refractivity contribution < 1.29 is 18.9 Å². The van der Waals surface area contributed by atoms with Crippen molar-refractivity contribution in [3.8, 4) is 0 Å². The summed E-state index contributed by atoms with van der Waals surface area (Å²) in [7, 11) is 0. The lowest BCUT2D eigenvalue weighted by atomic mass is 9.42. The molecule has 1 saturated heterocycles. The van der Waals surface area contributed by atoms with E-state index >= 15 is 0 Å². The van der Waals surface area contributed by atoms with Crippen molar-refractivity contribution in [1.29, 1.82) is 0 Å². The summed E-state index contributed by atoms with van der Waals surface area (Å²) >= 11 is 0. The van der Waals surface area contributed by atoms with Gasteiger partial charge in [0.2, 0.25) is 11.8 Å². The minimum Gasteiger partial charge on any atom is -0.274 e. The second kappa shape index (κ2) is 6.13. The molecule has 4 aliphatic rings. The van der Waals surface area contributed by atoms with Gasteiger partial charge in [0.1, 0.15) is 11.5 Å². The number of hydrogen-bond donors (Lipinski definition) is 0. The number of imide groups is 1. The molecular weight excluding hydrogens is 423 g/mol. The van der Waals surface area contributed by atoms with E-state index in [-0.39, 0.29) is 5.69 Å². The van der Waals surface area contributed by atoms with Crippen LogP contribution < -0.4 is 4.90 Å². The van der Waals surface area contributed by atoms with E-state index in [9.17, 15) is 24.1 Å². The third-order valence-electron chi connectivity index (χ3n) is 8.02. The van der Waals surface area contributed by atoms with Gasteiger partial charge in [-0.1, -0.05) is 62.4 Å². The number of nitro benzene ring substituents is 1. The van der Waals surface area contributed by atoms with E-state index in [2.05, 4.69) is 0 Å². The van der Waals surface area contributed by atoms with Gasteiger partial charge in [0.05, 0.1) is 22.8 Å². The van der Waals surface area contributed by atoms with Crippen LogP contribution in [0.25, 0.3) is 0 Å². The molecule has 1 fully saturated rings. The minimum atomic E-state index is -0.805. The van der Waals surface area contributed by atoms with Crippen LogP contribution in [0.3, 0.4) is 0 Å². The Morgan fingerprint density at radius 3 is 1.64 bits per heavy atom. The Bertz CT molecular complexity index is 1290. The lowest BCUT2D eigenvalue weighted by Gasteiger charge is -2.57. The zero-order valence-corrected chi connectivity index (χ0v) is 17.9. The van der Waals surface area contributed by atoms with Crippen LogP contribution in [-0.2, 0) is 20.4 Å². The summed E-state index contributed by atoms with van der Waals surface area (Å²) in [5.41, 5.74) is 1.59. The second-order valence-corrected chi connectivity index (χ2v) is 9.35. The Labute approximate surface area is 188 Å². The highest BCUT2D eigenvalue weighted by Crippen LogP contribution is 2.66. The largest absolute Gasteiger partial charge is 0.296 e. The summed E-state index contributed by atoms with van der Waals surface area (Å²) in [6.45, 7) is 3.96. The van der Waals surface area contributed by atoms with Gasteiger partial charge in [-0.15, -0.1) is 0 Å². The number of hydrogen-bond acceptors (Lipinski definition) is 4. The van der Waals surface area contributed by atoms with Gasteiger partial charge in [-0.2, -0.15) is 0 Å². The molecule has 0 N–H and O–H groups in total. The van der Waals surface area contributed by atoms with Gasteiger partial charge in [0.15, 0.2) is 0 Å². The van der Waals surface area contributed by atoms with Crippen LogP contribution in [0.15, 0.2) is 66.7 Å². The highest BCUT2D eigenvalue weighted by molar-refractivity contribution is 6.25. The second-order valence-electron chi connectivity index (χ2n) is 9.35. The van der Waals surface area contributed by atoms with E-state index in [1.54, 1.807) is 0 Å². The quantitative estimate of drug-likeness (QED) is 0.333. The van der Waals surface area contributed by atoms with Gasteiger partial charge in [0.25, 0.3) is 5.69 Å². The fraction of sp³-hybridized carbons (Fsp3) is 0.231. The summed E-state index contributed by atoms with van der Waals surface area (Å²) in [6, 6.07) is 18.6. The summed E-state index contributed by atoms with van der Waals surface area (Å²) < 4.78 is 13.8. The maximum absolute atomic E-state index is 14.0. The molecule has 0 spiro atoms. The number of halogens is 1. The van der Waals surface area contributed by atoms with Crippen molar-refractivity contribution >= 4 is 23.2 Å². The monoisotopic (exact) mass is 442 g/mol. The molecule has 0 radical (unpaired) electrons. The number of carbonyl (C=O) groups excluding carboxylic acids is 2. The van der Waals surface area contributed by atoms with Crippen LogP contribution in [0.2, 0.25) is 0 Å². The lowest BCUT2D eigenvalue weighted by molar-refractivity contribution is -0.384. The van der Waals surface area contributed by atoms with E-state index in [1.165, 1.54) is 0 Å². The number of carbonyl (C=O) groups is 2. The maximum atomic E-state index is 14.0. The van der Waals surface area contributed by atoms with Crippen LogP contribution in [0, 0.1) is 27.8 Å². The van der Waals surface area contributed by atoms with Gasteiger partial charge in [-0.25, -0.2) is 9.29 Å². The van der Waals surface area contributed by atoms with Crippen LogP contribution in [-0.4, -0.2) is 16.7 Å². The van der Waals surface area contributed by atoms with E-state index in [0.29, 0.717) is 0 Å². The summed E-state index contributed by atoms with van der Waals surface area (Å²) in [6.07, 6.45) is 0. The number of rotatable bonds is 2. The number of nitrogens with zero attached hydrogens (tertiary/aromatic N) is 2. The molecule has 2 atom stereocenters. The first kappa shape index (κ1) is 19.8. The average molecular weight is 442 g/mol. The number of benzene rings is 3. The summed E-state index contributed by atoms with van der Waals surface area (Å²) in [4.78, 5) is 39.7. The van der Waals surface area contributed by atoms with Gasteiger partial charge in [0, 0.05) is 10.8 Å². The highest BCUT2D eigenvalue weighted by atomic mass is 19.1. The molecule has 2 amide bonds. The van der Waals surface area contributed by atoms with Crippen molar-refractivity contribution in [3.05, 3.63) is 105 Å². The number of nitro groups is 1. The van der Waals surface area contributed by atoms with E-state index in [0.717, 1.165) is 45.4 Å². The van der Waals surface area contributed by atoms with Crippen LogP contribution in [0.5, 0.6) is 0 Å². The molecular formula is C26H19FN2O4. The van der Waals surface area contributed by atoms with Crippen molar-refractivity contribution in [2.24, 2.45) is 11.8 Å². The molecule has 1 aliphatic heterocycles. The molecule has 3 aliphatic carbocycles. The molecule has 0 saturated carbocycles. The van der Waals surface area contributed by atoms with Crippen LogP contribution in [0.4, 0.5) is 15.8 Å². The van der Waals surface area contributed by atoms with Gasteiger partial charge in [-0.3, -0.25) is 19.7 Å². The fourth-order valence-corrected chi connectivity index (χ4v) is 6.64. The molecule has 164 valence electrons.